The smallest absolute Gasteiger partial charge is 0.394 e. The predicted molar refractivity (Wildman–Crippen MR) is 135 cm³/mol. The molecule has 0 aliphatic carbocycles. The molecule has 41 heavy (non-hydrogen) atoms. The van der Waals surface area contributed by atoms with Gasteiger partial charge in [0.2, 0.25) is 0 Å². The van der Waals surface area contributed by atoms with Gasteiger partial charge in [-0.1, -0.05) is 25.7 Å². The van der Waals surface area contributed by atoms with Gasteiger partial charge in [-0.05, 0) is 18.1 Å². The summed E-state index contributed by atoms with van der Waals surface area (Å²) in [6.45, 7) is 2.47. The summed E-state index contributed by atoms with van der Waals surface area (Å²) < 4.78 is 49.3. The molecule has 4 atom stereocenters. The number of nitrogens with one attached hydrogen (secondary N) is 2. The van der Waals surface area contributed by atoms with Crippen LogP contribution in [-0.2, 0) is 14.3 Å². The monoisotopic (exact) mass is 584 g/mol. The van der Waals surface area contributed by atoms with Crippen molar-refractivity contribution in [3.05, 3.63) is 72.0 Å². The van der Waals surface area contributed by atoms with E-state index in [4.69, 9.17) is 9.47 Å². The fourth-order valence-corrected chi connectivity index (χ4v) is 3.96. The van der Waals surface area contributed by atoms with Crippen LogP contribution >= 0.6 is 0 Å². The number of hydrogen-bond acceptors (Lipinski definition) is 9. The number of nitrogens with zero attached hydrogens (tertiary/aromatic N) is 2. The van der Waals surface area contributed by atoms with Crippen molar-refractivity contribution < 1.29 is 42.6 Å². The van der Waals surface area contributed by atoms with Gasteiger partial charge in [-0.15, -0.1) is 0 Å². The summed E-state index contributed by atoms with van der Waals surface area (Å²) in [7, 11) is 0. The van der Waals surface area contributed by atoms with E-state index in [2.05, 4.69) is 16.8 Å². The molecule has 0 spiro atoms. The number of aliphatic hydroxyl groups is 2. The largest absolute Gasteiger partial charge is 0.471 e. The molecule has 0 radical (unpaired) electrons. The molecule has 1 aromatic carbocycles. The number of H-pyrrole nitrogens is 1. The fourth-order valence-electron chi connectivity index (χ4n) is 3.96. The van der Waals surface area contributed by atoms with Crippen LogP contribution in [0.25, 0.3) is 0 Å². The van der Waals surface area contributed by atoms with Crippen molar-refractivity contribution in [1.82, 2.24) is 14.9 Å². The number of nitro benzene ring substituents is 1. The molecule has 1 amide bonds. The zero-order chi connectivity index (χ0) is 30.5. The van der Waals surface area contributed by atoms with E-state index < -0.39 is 71.6 Å². The second-order valence-electron chi connectivity index (χ2n) is 9.49. The zero-order valence-corrected chi connectivity index (χ0v) is 21.8. The minimum Gasteiger partial charge on any atom is -0.394 e. The van der Waals surface area contributed by atoms with Crippen LogP contribution in [-0.4, -0.2) is 68.7 Å². The van der Waals surface area contributed by atoms with Crippen molar-refractivity contribution >= 4 is 11.6 Å². The highest BCUT2D eigenvalue weighted by molar-refractivity contribution is 5.81. The molecule has 3 rings (SSSR count). The Morgan fingerprint density at radius 1 is 1.34 bits per heavy atom. The zero-order valence-electron chi connectivity index (χ0n) is 21.8. The molecule has 13 nitrogen and oxygen atoms in total. The summed E-state index contributed by atoms with van der Waals surface area (Å²) in [5.74, 6) is 2.45. The highest BCUT2D eigenvalue weighted by Crippen LogP contribution is 2.34. The van der Waals surface area contributed by atoms with Gasteiger partial charge < -0.3 is 25.0 Å². The third-order valence-corrected chi connectivity index (χ3v) is 5.91. The topological polar surface area (TPSA) is 186 Å². The van der Waals surface area contributed by atoms with Crippen LogP contribution in [0.5, 0.6) is 0 Å². The van der Waals surface area contributed by atoms with Crippen LogP contribution in [0.2, 0.25) is 0 Å². The van der Waals surface area contributed by atoms with Gasteiger partial charge in [0, 0.05) is 24.2 Å². The minimum absolute atomic E-state index is 0.0339. The SMILES string of the molecule is CC(C)COC(c1ccc(C#CCNC(=O)C(F)(F)F)cc1[N+](=O)[O-])c1cn([C@H]2C[C@H](O)[C@@H](CO)O2)c(=O)[nH]c1=O. The molecule has 1 aliphatic rings. The third-order valence-electron chi connectivity index (χ3n) is 5.91. The van der Waals surface area contributed by atoms with E-state index in [9.17, 15) is 47.9 Å². The molecule has 1 aromatic heterocycles. The highest BCUT2D eigenvalue weighted by Gasteiger charge is 2.38. The number of aliphatic hydroxyl groups excluding tert-OH is 2. The summed E-state index contributed by atoms with van der Waals surface area (Å²) in [6, 6.07) is 3.61. The Labute approximate surface area is 230 Å². The summed E-state index contributed by atoms with van der Waals surface area (Å²) in [6.07, 6.45) is -8.52. The van der Waals surface area contributed by atoms with Crippen LogP contribution in [0.15, 0.2) is 34.0 Å². The Kier molecular flexibility index (Phi) is 10.0. The van der Waals surface area contributed by atoms with Crippen molar-refractivity contribution in [2.75, 3.05) is 19.8 Å². The Balaban J connectivity index is 2.03. The Hall–Kier alpha value is -4.04. The average molecular weight is 585 g/mol. The van der Waals surface area contributed by atoms with Crippen molar-refractivity contribution in [1.29, 1.82) is 0 Å². The number of hydrogen-bond donors (Lipinski definition) is 4. The number of rotatable bonds is 9. The van der Waals surface area contributed by atoms with Crippen molar-refractivity contribution in [2.24, 2.45) is 5.92 Å². The average Bonchev–Trinajstić information content (AvgIpc) is 3.27. The Morgan fingerprint density at radius 2 is 2.05 bits per heavy atom. The number of amides is 1. The van der Waals surface area contributed by atoms with E-state index in [0.717, 1.165) is 16.8 Å². The summed E-state index contributed by atoms with van der Waals surface area (Å²) in [5, 5.41) is 33.0. The highest BCUT2D eigenvalue weighted by atomic mass is 19.4. The van der Waals surface area contributed by atoms with Crippen LogP contribution in [0.1, 0.15) is 49.3 Å². The lowest BCUT2D eigenvalue weighted by Crippen LogP contribution is -2.36. The molecule has 222 valence electrons. The number of ether oxygens (including phenoxy) is 2. The second kappa shape index (κ2) is 13.1. The number of carbonyl (C=O) groups excluding carboxylic acids is 1. The van der Waals surface area contributed by atoms with E-state index in [-0.39, 0.29) is 35.6 Å². The second-order valence-corrected chi connectivity index (χ2v) is 9.49. The van der Waals surface area contributed by atoms with E-state index in [1.165, 1.54) is 12.1 Å². The lowest BCUT2D eigenvalue weighted by Gasteiger charge is -2.21. The molecular formula is C25H27F3N4O9. The molecule has 1 unspecified atom stereocenters. The van der Waals surface area contributed by atoms with Crippen LogP contribution in [0, 0.1) is 27.9 Å². The first-order valence-electron chi connectivity index (χ1n) is 12.3. The van der Waals surface area contributed by atoms with Gasteiger partial charge in [0.05, 0.1) is 41.9 Å². The lowest BCUT2D eigenvalue weighted by molar-refractivity contribution is -0.386. The Bertz CT molecular complexity index is 1460. The molecule has 1 saturated heterocycles. The molecule has 1 aliphatic heterocycles. The van der Waals surface area contributed by atoms with Crippen LogP contribution in [0.4, 0.5) is 18.9 Å². The molecule has 4 N–H and O–H groups in total. The number of aromatic amines is 1. The number of alkyl halides is 3. The first-order valence-corrected chi connectivity index (χ1v) is 12.3. The van der Waals surface area contributed by atoms with Crippen molar-refractivity contribution in [3.63, 3.8) is 0 Å². The van der Waals surface area contributed by atoms with E-state index in [0.29, 0.717) is 0 Å². The number of aromatic nitrogens is 2. The van der Waals surface area contributed by atoms with Crippen LogP contribution in [0.3, 0.4) is 0 Å². The van der Waals surface area contributed by atoms with Gasteiger partial charge in [-0.3, -0.25) is 29.3 Å². The maximum absolute atomic E-state index is 12.9. The number of carbonyl (C=O) groups is 1. The molecule has 2 aromatic rings. The first kappa shape index (κ1) is 31.5. The lowest BCUT2D eigenvalue weighted by atomic mass is 9.99. The van der Waals surface area contributed by atoms with Gasteiger partial charge >= 0.3 is 17.8 Å². The van der Waals surface area contributed by atoms with Crippen LogP contribution < -0.4 is 16.6 Å². The van der Waals surface area contributed by atoms with E-state index >= 15 is 0 Å². The maximum atomic E-state index is 12.9. The minimum atomic E-state index is -5.09. The summed E-state index contributed by atoms with van der Waals surface area (Å²) in [5.41, 5.74) is -2.54. The third kappa shape index (κ3) is 7.79. The fraction of sp³-hybridized carbons (Fsp3) is 0.480. The van der Waals surface area contributed by atoms with E-state index in [1.807, 2.05) is 0 Å². The van der Waals surface area contributed by atoms with E-state index in [1.54, 1.807) is 19.2 Å². The van der Waals surface area contributed by atoms with Crippen molar-refractivity contribution in [2.45, 2.75) is 51.0 Å². The Morgan fingerprint density at radius 3 is 2.63 bits per heavy atom. The molecule has 0 bridgehead atoms. The summed E-state index contributed by atoms with van der Waals surface area (Å²) in [4.78, 5) is 49.8. The van der Waals surface area contributed by atoms with Gasteiger partial charge in [-0.2, -0.15) is 13.2 Å². The standard InChI is InChI=1S/C25H27F3N4O9/c1-13(2)12-40-21(16-10-31(24(37)30-22(16)35)20-9-18(34)19(11-33)41-20)15-6-5-14(8-17(15)32(38)39)4-3-7-29-23(36)25(26,27)28/h5-6,8,10,13,18-21,33-34H,7,9,11-12H2,1-2H3,(H,29,36)(H,30,35,37)/t18-,19+,20+,21?/m0/s1. The summed E-state index contributed by atoms with van der Waals surface area (Å²) >= 11 is 0. The predicted octanol–water partition coefficient (Wildman–Crippen LogP) is 0.877. The molecular weight excluding hydrogens is 557 g/mol. The normalized spacial score (nSPS) is 19.5. The first-order chi connectivity index (χ1) is 19.2. The van der Waals surface area contributed by atoms with Gasteiger partial charge in [0.25, 0.3) is 11.2 Å². The number of nitro groups is 1. The molecule has 1 fully saturated rings. The van der Waals surface area contributed by atoms with Gasteiger partial charge in [0.1, 0.15) is 18.4 Å². The number of halogens is 3. The number of benzene rings is 1. The molecule has 16 heteroatoms. The quantitative estimate of drug-likeness (QED) is 0.189. The van der Waals surface area contributed by atoms with Gasteiger partial charge in [0.15, 0.2) is 0 Å². The molecule has 0 saturated carbocycles. The molecule has 2 heterocycles. The van der Waals surface area contributed by atoms with Crippen molar-refractivity contribution in [3.8, 4) is 11.8 Å². The maximum Gasteiger partial charge on any atom is 0.471 e. The van der Waals surface area contributed by atoms with Gasteiger partial charge in [-0.25, -0.2) is 4.79 Å².